The molecule has 3 aromatic rings. The summed E-state index contributed by atoms with van der Waals surface area (Å²) in [5.74, 6) is -3.64. The molecule has 14 heteroatoms. The van der Waals surface area contributed by atoms with E-state index in [0.717, 1.165) is 31.7 Å². The topological polar surface area (TPSA) is 146 Å². The molecule has 2 aliphatic carbocycles. The number of hydrogen-bond donors (Lipinski definition) is 3. The van der Waals surface area contributed by atoms with Gasteiger partial charge in [-0.15, -0.1) is 11.8 Å². The van der Waals surface area contributed by atoms with Crippen LogP contribution in [0.2, 0.25) is 10.0 Å². The van der Waals surface area contributed by atoms with Crippen molar-refractivity contribution < 1.29 is 29.0 Å². The number of thiazole rings is 1. The van der Waals surface area contributed by atoms with Crippen LogP contribution in [-0.2, 0) is 19.2 Å². The Balaban J connectivity index is 1.16. The van der Waals surface area contributed by atoms with Crippen LogP contribution < -0.4 is 14.9 Å². The zero-order valence-electron chi connectivity index (χ0n) is 25.3. The molecule has 47 heavy (non-hydrogen) atoms. The molecule has 7 rings (SSSR count). The van der Waals surface area contributed by atoms with Crippen molar-refractivity contribution in [3.8, 4) is 5.75 Å². The van der Waals surface area contributed by atoms with Gasteiger partial charge in [-0.1, -0.05) is 60.5 Å². The molecule has 3 amide bonds. The average Bonchev–Trinajstić information content (AvgIpc) is 3.75. The lowest BCUT2D eigenvalue weighted by atomic mass is 9.68. The smallest absolute Gasteiger partial charge is 0.326 e. The van der Waals surface area contributed by atoms with Crippen LogP contribution in [-0.4, -0.2) is 56.6 Å². The van der Waals surface area contributed by atoms with Gasteiger partial charge in [-0.25, -0.2) is 4.79 Å². The van der Waals surface area contributed by atoms with E-state index in [2.05, 4.69) is 10.3 Å². The lowest BCUT2D eigenvalue weighted by Gasteiger charge is -2.43. The monoisotopic (exact) mass is 715 g/mol. The average molecular weight is 717 g/mol. The number of carbonyl (C=O) groups excluding carboxylic acids is 3. The van der Waals surface area contributed by atoms with E-state index < -0.39 is 23.8 Å². The highest BCUT2D eigenvalue weighted by Gasteiger charge is 2.70. The molecule has 246 valence electrons. The van der Waals surface area contributed by atoms with Crippen LogP contribution in [0.1, 0.15) is 43.0 Å². The van der Waals surface area contributed by atoms with Gasteiger partial charge in [0, 0.05) is 21.7 Å². The number of aromatic amines is 1. The van der Waals surface area contributed by atoms with Gasteiger partial charge in [-0.05, 0) is 72.4 Å². The predicted molar refractivity (Wildman–Crippen MR) is 178 cm³/mol. The van der Waals surface area contributed by atoms with Crippen molar-refractivity contribution in [3.63, 3.8) is 0 Å². The van der Waals surface area contributed by atoms with Crippen LogP contribution in [0.25, 0.3) is 0 Å². The Morgan fingerprint density at radius 3 is 2.51 bits per heavy atom. The van der Waals surface area contributed by atoms with E-state index in [1.807, 2.05) is 32.0 Å². The molecule has 0 spiro atoms. The summed E-state index contributed by atoms with van der Waals surface area (Å²) < 4.78 is 5.88. The Morgan fingerprint density at radius 1 is 1.06 bits per heavy atom. The number of amides is 3. The third kappa shape index (κ3) is 5.56. The first kappa shape index (κ1) is 32.2. The van der Waals surface area contributed by atoms with Crippen molar-refractivity contribution in [1.82, 2.24) is 9.88 Å². The molecule has 7 unspecified atom stereocenters. The number of ether oxygens (including phenoxy) is 1. The SMILES string of the molecule is CC(C)CC(C(=O)O)N1C(=O)C2C3CC(C2C1=O)C1C3Sc2[nH]c(=O)sc2[C@@H]1c1cccc(OCC(=O)Nc2ccc(Cl)c(Cl)c2)c1. The van der Waals surface area contributed by atoms with Crippen molar-refractivity contribution in [2.24, 2.45) is 35.5 Å². The van der Waals surface area contributed by atoms with Gasteiger partial charge >= 0.3 is 10.8 Å². The van der Waals surface area contributed by atoms with Gasteiger partial charge in [0.25, 0.3) is 5.91 Å². The molecule has 1 aromatic heterocycles. The lowest BCUT2D eigenvalue weighted by Crippen LogP contribution is -2.47. The Hall–Kier alpha value is -3.32. The van der Waals surface area contributed by atoms with E-state index in [1.165, 1.54) is 0 Å². The van der Waals surface area contributed by atoms with Gasteiger partial charge in [0.2, 0.25) is 11.8 Å². The zero-order chi connectivity index (χ0) is 33.3. The summed E-state index contributed by atoms with van der Waals surface area (Å²) in [5, 5.41) is 14.2. The van der Waals surface area contributed by atoms with E-state index in [9.17, 15) is 29.1 Å². The third-order valence-electron chi connectivity index (χ3n) is 9.84. The number of hydrogen-bond acceptors (Lipinski definition) is 8. The fourth-order valence-corrected chi connectivity index (χ4v) is 11.4. The summed E-state index contributed by atoms with van der Waals surface area (Å²) in [4.78, 5) is 70.1. The van der Waals surface area contributed by atoms with E-state index in [-0.39, 0.29) is 70.5 Å². The fourth-order valence-electron chi connectivity index (χ4n) is 8.20. The number of benzene rings is 2. The van der Waals surface area contributed by atoms with Crippen molar-refractivity contribution in [2.45, 2.75) is 48.9 Å². The van der Waals surface area contributed by atoms with Crippen molar-refractivity contribution >= 4 is 75.7 Å². The molecule has 2 aromatic carbocycles. The number of carboxylic acid groups (broad SMARTS) is 1. The summed E-state index contributed by atoms with van der Waals surface area (Å²) in [5.41, 5.74) is 1.36. The molecule has 4 aliphatic rings. The first-order valence-corrected chi connectivity index (χ1v) is 17.8. The number of imide groups is 1. The number of aliphatic carboxylic acids is 1. The van der Waals surface area contributed by atoms with Gasteiger partial charge in [0.1, 0.15) is 11.8 Å². The maximum atomic E-state index is 14.0. The Morgan fingerprint density at radius 2 is 1.81 bits per heavy atom. The quantitative estimate of drug-likeness (QED) is 0.238. The second-order valence-corrected chi connectivity index (χ2v) is 16.0. The summed E-state index contributed by atoms with van der Waals surface area (Å²) in [7, 11) is 0. The minimum Gasteiger partial charge on any atom is -0.484 e. The molecule has 0 radical (unpaired) electrons. The van der Waals surface area contributed by atoms with Gasteiger partial charge < -0.3 is 20.1 Å². The molecule has 2 bridgehead atoms. The van der Waals surface area contributed by atoms with E-state index >= 15 is 0 Å². The molecule has 1 saturated heterocycles. The molecule has 10 nitrogen and oxygen atoms in total. The molecule has 2 saturated carbocycles. The van der Waals surface area contributed by atoms with Crippen LogP contribution in [0.15, 0.2) is 52.3 Å². The highest BCUT2D eigenvalue weighted by atomic mass is 35.5. The normalized spacial score (nSPS) is 27.9. The number of fused-ring (bicyclic) bond motifs is 9. The first-order chi connectivity index (χ1) is 22.4. The molecule has 3 fully saturated rings. The maximum Gasteiger partial charge on any atom is 0.326 e. The second-order valence-electron chi connectivity index (χ2n) is 13.0. The second kappa shape index (κ2) is 12.3. The number of carbonyl (C=O) groups is 4. The van der Waals surface area contributed by atoms with E-state index in [0.29, 0.717) is 27.9 Å². The number of halogens is 2. The number of likely N-dealkylation sites (tertiary alicyclic amines) is 1. The first-order valence-electron chi connectivity index (χ1n) is 15.4. The number of anilines is 1. The molecule has 3 N–H and O–H groups in total. The molecular weight excluding hydrogens is 685 g/mol. The highest BCUT2D eigenvalue weighted by Crippen LogP contribution is 2.68. The largest absolute Gasteiger partial charge is 0.484 e. The predicted octanol–water partition coefficient (Wildman–Crippen LogP) is 5.73. The number of thioether (sulfide) groups is 1. The molecule has 8 atom stereocenters. The van der Waals surface area contributed by atoms with Gasteiger partial charge in [-0.3, -0.25) is 24.1 Å². The Bertz CT molecular complexity index is 1860. The van der Waals surface area contributed by atoms with Crippen LogP contribution in [0, 0.1) is 35.5 Å². The van der Waals surface area contributed by atoms with Gasteiger partial charge in [0.05, 0.1) is 26.9 Å². The summed E-state index contributed by atoms with van der Waals surface area (Å²) >= 11 is 14.7. The van der Waals surface area contributed by atoms with Gasteiger partial charge in [0.15, 0.2) is 6.61 Å². The molecule has 3 heterocycles. The van der Waals surface area contributed by atoms with Crippen LogP contribution in [0.4, 0.5) is 5.69 Å². The van der Waals surface area contributed by atoms with Crippen LogP contribution >= 0.6 is 46.3 Å². The number of aromatic nitrogens is 1. The minimum absolute atomic E-state index is 0.0132. The number of nitrogens with zero attached hydrogens (tertiary/aromatic N) is 1. The zero-order valence-corrected chi connectivity index (χ0v) is 28.4. The molecule has 2 aliphatic heterocycles. The van der Waals surface area contributed by atoms with Crippen molar-refractivity contribution in [3.05, 3.63) is 72.6 Å². The third-order valence-corrected chi connectivity index (χ3v) is 13.2. The summed E-state index contributed by atoms with van der Waals surface area (Å²) in [6.45, 7) is 3.49. The Kier molecular flexibility index (Phi) is 8.43. The van der Waals surface area contributed by atoms with Crippen molar-refractivity contribution in [1.29, 1.82) is 0 Å². The van der Waals surface area contributed by atoms with E-state index in [1.54, 1.807) is 36.0 Å². The maximum absolute atomic E-state index is 14.0. The lowest BCUT2D eigenvalue weighted by molar-refractivity contribution is -0.156. The highest BCUT2D eigenvalue weighted by molar-refractivity contribution is 8.00. The fraction of sp³-hybridized carbons (Fsp3) is 0.424. The summed E-state index contributed by atoms with van der Waals surface area (Å²) in [6, 6.07) is 11.0. The molecular formula is C33H31Cl2N3O7S2. The Labute approximate surface area is 288 Å². The van der Waals surface area contributed by atoms with Crippen LogP contribution in [0.3, 0.4) is 0 Å². The minimum atomic E-state index is -1.19. The summed E-state index contributed by atoms with van der Waals surface area (Å²) in [6.07, 6.45) is 0.883. The number of H-pyrrole nitrogens is 1. The van der Waals surface area contributed by atoms with Gasteiger partial charge in [-0.2, -0.15) is 0 Å². The number of carboxylic acids is 1. The standard InChI is InChI=1S/C33H31Cl2N3O7S2/c1-13(2)8-21(32(42)43)38-30(40)25-17-11-18(26(25)31(38)41)27-24(17)23(28-29(46-27)37-33(44)47-28)14-4-3-5-16(9-14)45-12-22(39)36-15-6-7-19(34)20(35)10-15/h3-7,9-10,13,17-18,21,23-27H,8,11-12H2,1-2H3,(H,36,39)(H,37,44)(H,42,43)/t17?,18?,21?,23-,24?,25?,26?,27?/m1/s1. The number of nitrogens with one attached hydrogen (secondary N) is 2. The number of rotatable bonds is 9. The van der Waals surface area contributed by atoms with Crippen LogP contribution in [0.5, 0.6) is 5.75 Å². The van der Waals surface area contributed by atoms with Crippen molar-refractivity contribution in [2.75, 3.05) is 11.9 Å². The van der Waals surface area contributed by atoms with E-state index in [4.69, 9.17) is 27.9 Å².